The minimum absolute atomic E-state index is 0.00717. The Bertz CT molecular complexity index is 1550. The maximum absolute atomic E-state index is 14.3. The maximum atomic E-state index is 14.3. The van der Waals surface area contributed by atoms with Gasteiger partial charge in [0.25, 0.3) is 11.8 Å². The lowest BCUT2D eigenvalue weighted by Gasteiger charge is -2.32. The van der Waals surface area contributed by atoms with Crippen molar-refractivity contribution in [2.24, 2.45) is 5.73 Å². The number of benzene rings is 2. The number of aromatic nitrogens is 2. The molecular weight excluding hydrogens is 516 g/mol. The van der Waals surface area contributed by atoms with Crippen LogP contribution >= 0.6 is 11.5 Å². The van der Waals surface area contributed by atoms with Gasteiger partial charge in [0.15, 0.2) is 5.69 Å². The minimum Gasteiger partial charge on any atom is -0.497 e. The molecule has 1 aliphatic rings. The van der Waals surface area contributed by atoms with Gasteiger partial charge >= 0.3 is 0 Å². The highest BCUT2D eigenvalue weighted by molar-refractivity contribution is 7.09. The zero-order chi connectivity index (χ0) is 27.5. The van der Waals surface area contributed by atoms with Crippen LogP contribution in [0.4, 0.5) is 11.4 Å². The van der Waals surface area contributed by atoms with E-state index < -0.39 is 17.9 Å². The van der Waals surface area contributed by atoms with Crippen molar-refractivity contribution in [3.63, 3.8) is 0 Å². The highest BCUT2D eigenvalue weighted by atomic mass is 32.1. The summed E-state index contributed by atoms with van der Waals surface area (Å²) in [5.41, 5.74) is 13.0. The van der Waals surface area contributed by atoms with Gasteiger partial charge in [-0.25, -0.2) is 0 Å². The zero-order valence-corrected chi connectivity index (χ0v) is 22.1. The summed E-state index contributed by atoms with van der Waals surface area (Å²) in [4.78, 5) is 45.9. The molecule has 1 fully saturated rings. The molecule has 2 aromatic heterocycles. The third-order valence-corrected chi connectivity index (χ3v) is 7.71. The molecule has 2 heterocycles. The molecule has 200 valence electrons. The smallest absolute Gasteiger partial charge is 0.273 e. The van der Waals surface area contributed by atoms with E-state index in [1.807, 2.05) is 24.3 Å². The molecule has 39 heavy (non-hydrogen) atoms. The van der Waals surface area contributed by atoms with E-state index in [0.29, 0.717) is 17.0 Å². The Labute approximate surface area is 229 Å². The van der Waals surface area contributed by atoms with Crippen LogP contribution in [0.1, 0.15) is 57.4 Å². The Morgan fingerprint density at radius 2 is 1.90 bits per heavy atom. The highest BCUT2D eigenvalue weighted by Gasteiger charge is 2.37. The molecule has 3 amide bonds. The van der Waals surface area contributed by atoms with Crippen molar-refractivity contribution in [1.82, 2.24) is 14.7 Å². The van der Waals surface area contributed by atoms with E-state index in [1.165, 1.54) is 12.0 Å². The first kappa shape index (κ1) is 26.1. The number of nitrogens with zero attached hydrogens (tertiary/aromatic N) is 3. The number of nitrogens with two attached hydrogens (primary N) is 2. The van der Waals surface area contributed by atoms with Crippen LogP contribution in [0.3, 0.4) is 0 Å². The van der Waals surface area contributed by atoms with Crippen molar-refractivity contribution >= 4 is 51.5 Å². The monoisotopic (exact) mass is 544 g/mol. The summed E-state index contributed by atoms with van der Waals surface area (Å²) >= 11 is 0.765. The molecule has 1 aliphatic carbocycles. The van der Waals surface area contributed by atoms with Gasteiger partial charge in [-0.3, -0.25) is 24.3 Å². The third kappa shape index (κ3) is 5.26. The van der Waals surface area contributed by atoms with Crippen LogP contribution in [-0.4, -0.2) is 40.2 Å². The third-order valence-electron chi connectivity index (χ3n) is 6.86. The number of ether oxygens (including phenoxy) is 1. The Morgan fingerprint density at radius 1 is 1.10 bits per heavy atom. The number of methoxy groups -OCH3 is 1. The van der Waals surface area contributed by atoms with Gasteiger partial charge in [-0.15, -0.1) is 0 Å². The van der Waals surface area contributed by atoms with Crippen LogP contribution in [0.5, 0.6) is 5.75 Å². The van der Waals surface area contributed by atoms with Crippen molar-refractivity contribution < 1.29 is 19.1 Å². The average Bonchev–Trinajstić information content (AvgIpc) is 3.60. The molecule has 2 aromatic carbocycles. The number of amides is 3. The molecule has 5 rings (SSSR count). The largest absolute Gasteiger partial charge is 0.497 e. The molecule has 10 nitrogen and oxygen atoms in total. The Balaban J connectivity index is 1.69. The van der Waals surface area contributed by atoms with Crippen molar-refractivity contribution in [2.75, 3.05) is 17.7 Å². The second-order valence-corrected chi connectivity index (χ2v) is 10.1. The molecule has 1 atom stereocenters. The number of hydrogen-bond donors (Lipinski definition) is 3. The number of nitrogens with one attached hydrogen (secondary N) is 1. The fourth-order valence-corrected chi connectivity index (χ4v) is 5.66. The molecule has 0 unspecified atom stereocenters. The number of nitrogen functional groups attached to an aromatic ring is 1. The van der Waals surface area contributed by atoms with Crippen molar-refractivity contribution in [1.29, 1.82) is 0 Å². The molecule has 1 saturated carbocycles. The first-order valence-electron chi connectivity index (χ1n) is 12.5. The Hall–Kier alpha value is -4.51. The van der Waals surface area contributed by atoms with Gasteiger partial charge in [0, 0.05) is 29.4 Å². The molecule has 0 aliphatic heterocycles. The van der Waals surface area contributed by atoms with Gasteiger partial charge in [0.1, 0.15) is 16.7 Å². The quantitative estimate of drug-likeness (QED) is 0.305. The van der Waals surface area contributed by atoms with E-state index in [2.05, 4.69) is 14.7 Å². The number of carbonyl (C=O) groups excluding carboxylic acids is 3. The molecule has 4 aromatic rings. The van der Waals surface area contributed by atoms with E-state index in [4.69, 9.17) is 16.2 Å². The van der Waals surface area contributed by atoms with E-state index in [9.17, 15) is 14.4 Å². The normalized spacial score (nSPS) is 14.2. The topological polar surface area (TPSA) is 154 Å². The zero-order valence-electron chi connectivity index (χ0n) is 21.3. The Morgan fingerprint density at radius 3 is 2.62 bits per heavy atom. The van der Waals surface area contributed by atoms with Crippen LogP contribution in [0, 0.1) is 0 Å². The van der Waals surface area contributed by atoms with E-state index >= 15 is 0 Å². The molecule has 0 spiro atoms. The maximum Gasteiger partial charge on any atom is 0.273 e. The predicted octanol–water partition coefficient (Wildman–Crippen LogP) is 3.83. The molecule has 0 bridgehead atoms. The summed E-state index contributed by atoms with van der Waals surface area (Å²) in [5.74, 6) is -1.27. The van der Waals surface area contributed by atoms with Gasteiger partial charge < -0.3 is 21.5 Å². The number of anilines is 2. The van der Waals surface area contributed by atoms with Crippen LogP contribution in [0.25, 0.3) is 10.9 Å². The number of hydrogen-bond acceptors (Lipinski definition) is 8. The lowest BCUT2D eigenvalue weighted by atomic mass is 9.99. The van der Waals surface area contributed by atoms with Crippen molar-refractivity contribution in [2.45, 2.75) is 37.8 Å². The number of primary amides is 1. The second-order valence-electron chi connectivity index (χ2n) is 9.36. The van der Waals surface area contributed by atoms with E-state index in [1.54, 1.807) is 36.5 Å². The van der Waals surface area contributed by atoms with Crippen molar-refractivity contribution in [3.05, 3.63) is 76.9 Å². The molecule has 11 heteroatoms. The van der Waals surface area contributed by atoms with Gasteiger partial charge in [-0.2, -0.15) is 4.37 Å². The van der Waals surface area contributed by atoms with E-state index in [0.717, 1.165) is 48.1 Å². The fourth-order valence-electron chi connectivity index (χ4n) is 4.91. The second kappa shape index (κ2) is 11.1. The van der Waals surface area contributed by atoms with Crippen LogP contribution in [-0.2, 0) is 4.79 Å². The van der Waals surface area contributed by atoms with Crippen LogP contribution < -0.4 is 26.4 Å². The number of fused-ring (bicyclic) bond motifs is 1. The molecule has 0 saturated heterocycles. The van der Waals surface area contributed by atoms with Crippen LogP contribution in [0.15, 0.2) is 60.8 Å². The minimum atomic E-state index is -1.08. The fraction of sp³-hybridized carbons (Fsp3) is 0.250. The van der Waals surface area contributed by atoms with Crippen molar-refractivity contribution in [3.8, 4) is 5.75 Å². The summed E-state index contributed by atoms with van der Waals surface area (Å²) in [6, 6.07) is 15.0. The molecular formula is C28H28N6O4S. The lowest BCUT2D eigenvalue weighted by Crippen LogP contribution is -2.46. The summed E-state index contributed by atoms with van der Waals surface area (Å²) in [5, 5.41) is 3.97. The summed E-state index contributed by atoms with van der Waals surface area (Å²) in [6.45, 7) is 0. The first-order valence-corrected chi connectivity index (χ1v) is 13.3. The average molecular weight is 545 g/mol. The van der Waals surface area contributed by atoms with Gasteiger partial charge in [-0.1, -0.05) is 31.0 Å². The summed E-state index contributed by atoms with van der Waals surface area (Å²) in [6.07, 6.45) is 5.50. The number of rotatable bonds is 8. The lowest BCUT2D eigenvalue weighted by molar-refractivity contribution is -0.123. The van der Waals surface area contributed by atoms with Gasteiger partial charge in [0.05, 0.1) is 18.3 Å². The summed E-state index contributed by atoms with van der Waals surface area (Å²) in [7, 11) is 1.52. The molecule has 0 radical (unpaired) electrons. The standard InChI is InChI=1S/C28H28N6O4S/c1-38-20-10-4-9-19(15-20)34(28(37)25-22(29)23(26(30)35)33-39-25)24(27(36)32-18-7-2-3-8-18)17-11-12-21-16(14-17)6-5-13-31-21/h4-6,9-15,18,24H,2-3,7-8,29H2,1H3,(H2,30,35)(H,32,36)/t24-/m1/s1. The summed E-state index contributed by atoms with van der Waals surface area (Å²) < 4.78 is 9.43. The first-order chi connectivity index (χ1) is 18.9. The Kier molecular flexibility index (Phi) is 7.42. The number of carbonyl (C=O) groups is 3. The van der Waals surface area contributed by atoms with Gasteiger partial charge in [-0.05, 0) is 60.3 Å². The van der Waals surface area contributed by atoms with Crippen LogP contribution in [0.2, 0.25) is 0 Å². The predicted molar refractivity (Wildman–Crippen MR) is 150 cm³/mol. The SMILES string of the molecule is COc1cccc(N(C(=O)c2snc(C(N)=O)c2N)[C@@H](C(=O)NC2CCCC2)c2ccc3ncccc3c2)c1. The van der Waals surface area contributed by atoms with Gasteiger partial charge in [0.2, 0.25) is 5.91 Å². The highest BCUT2D eigenvalue weighted by Crippen LogP contribution is 2.35. The number of pyridine rings is 1. The van der Waals surface area contributed by atoms with E-state index in [-0.39, 0.29) is 28.2 Å². The molecule has 5 N–H and O–H groups in total.